The molecule has 4 amide bonds. The fourth-order valence-corrected chi connectivity index (χ4v) is 6.33. The van der Waals surface area contributed by atoms with E-state index in [1.165, 1.54) is 19.8 Å². The van der Waals surface area contributed by atoms with E-state index in [4.69, 9.17) is 26.1 Å². The highest BCUT2D eigenvalue weighted by Crippen LogP contribution is 2.28. The Morgan fingerprint density at radius 1 is 0.907 bits per heavy atom. The average Bonchev–Trinajstić information content (AvgIpc) is 3.12. The first-order chi connectivity index (χ1) is 25.5. The van der Waals surface area contributed by atoms with E-state index < -0.39 is 54.3 Å². The molecule has 1 aromatic carbocycles. The molecule has 2 saturated carbocycles. The third-order valence-corrected chi connectivity index (χ3v) is 9.23. The lowest BCUT2D eigenvalue weighted by atomic mass is 9.83. The molecule has 54 heavy (non-hydrogen) atoms. The van der Waals surface area contributed by atoms with Crippen molar-refractivity contribution in [2.24, 2.45) is 22.4 Å². The molecule has 0 heterocycles. The zero-order chi connectivity index (χ0) is 40.1. The number of aliphatic imine (C=N–C) groups is 1. The zero-order valence-electron chi connectivity index (χ0n) is 30.7. The Hall–Kier alpha value is -4.61. The number of aliphatic carboxylic acids is 1. The van der Waals surface area contributed by atoms with Crippen molar-refractivity contribution in [1.29, 1.82) is 0 Å². The van der Waals surface area contributed by atoms with Gasteiger partial charge >= 0.3 is 18.2 Å². The number of amides is 4. The molecule has 0 unspecified atom stereocenters. The second kappa shape index (κ2) is 23.9. The molecule has 0 saturated heterocycles. The van der Waals surface area contributed by atoms with Gasteiger partial charge in [-0.1, -0.05) is 81.7 Å². The van der Waals surface area contributed by atoms with Gasteiger partial charge in [-0.15, -0.1) is 0 Å². The molecule has 0 aliphatic heterocycles. The highest BCUT2D eigenvalue weighted by molar-refractivity contribution is 5.91. The fraction of sp³-hybridized carbons (Fsp3) is 0.667. The van der Waals surface area contributed by atoms with E-state index in [0.717, 1.165) is 56.9 Å². The number of carboxylic acids is 1. The number of benzene rings is 1. The van der Waals surface area contributed by atoms with E-state index >= 15 is 0 Å². The predicted octanol–water partition coefficient (Wildman–Crippen LogP) is 3.13. The van der Waals surface area contributed by atoms with E-state index in [9.17, 15) is 37.5 Å². The number of nitrogens with zero attached hydrogens (tertiary/aromatic N) is 1. The van der Waals surface area contributed by atoms with Crippen molar-refractivity contribution in [2.45, 2.75) is 140 Å². The van der Waals surface area contributed by atoms with Crippen LogP contribution in [0.5, 0.6) is 0 Å². The minimum absolute atomic E-state index is 0.0250. The molecule has 2 aliphatic carbocycles. The Labute approximate surface area is 313 Å². The minimum Gasteiger partial charge on any atom is -0.475 e. The van der Waals surface area contributed by atoms with Crippen LogP contribution in [-0.4, -0.2) is 88.9 Å². The van der Waals surface area contributed by atoms with Gasteiger partial charge in [-0.2, -0.15) is 13.2 Å². The van der Waals surface area contributed by atoms with Crippen LogP contribution in [0.15, 0.2) is 35.3 Å². The monoisotopic (exact) mass is 771 g/mol. The summed E-state index contributed by atoms with van der Waals surface area (Å²) < 4.78 is 37.0. The van der Waals surface area contributed by atoms with Gasteiger partial charge in [0.2, 0.25) is 17.7 Å². The summed E-state index contributed by atoms with van der Waals surface area (Å²) in [7, 11) is 0. The van der Waals surface area contributed by atoms with Crippen LogP contribution in [0.2, 0.25) is 0 Å². The summed E-state index contributed by atoms with van der Waals surface area (Å²) in [6.45, 7) is 1.81. The molecular weight excluding hydrogens is 715 g/mol. The molecule has 1 aromatic rings. The van der Waals surface area contributed by atoms with Crippen molar-refractivity contribution in [2.75, 3.05) is 6.54 Å². The van der Waals surface area contributed by atoms with Crippen LogP contribution >= 0.6 is 0 Å². The van der Waals surface area contributed by atoms with Crippen LogP contribution in [0.1, 0.15) is 102 Å². The zero-order valence-corrected chi connectivity index (χ0v) is 30.7. The number of hydrogen-bond donors (Lipinski definition) is 8. The van der Waals surface area contributed by atoms with Crippen molar-refractivity contribution in [1.82, 2.24) is 21.3 Å². The summed E-state index contributed by atoms with van der Waals surface area (Å²) in [5.41, 5.74) is 11.6. The van der Waals surface area contributed by atoms with Crippen molar-refractivity contribution in [3.05, 3.63) is 35.9 Å². The summed E-state index contributed by atoms with van der Waals surface area (Å²) in [5, 5.41) is 29.5. The molecule has 0 aromatic heterocycles. The van der Waals surface area contributed by atoms with Crippen LogP contribution in [-0.2, 0) is 30.5 Å². The normalized spacial score (nSPS) is 17.2. The van der Waals surface area contributed by atoms with Gasteiger partial charge in [-0.3, -0.25) is 19.4 Å². The van der Waals surface area contributed by atoms with Crippen LogP contribution in [0.25, 0.3) is 0 Å². The molecule has 0 bridgehead atoms. The second-order valence-electron chi connectivity index (χ2n) is 13.8. The molecule has 18 heteroatoms. The number of alkyl halides is 3. The lowest BCUT2D eigenvalue weighted by Gasteiger charge is -2.31. The molecule has 10 N–H and O–H groups in total. The number of halogens is 3. The number of guanidine groups is 1. The molecule has 0 radical (unpaired) electrons. The number of carboxylic acid groups (broad SMARTS) is 1. The molecular formula is C36H56F3N7O8. The number of nitrogens with two attached hydrogens (primary N) is 2. The number of hydrogen-bond acceptors (Lipinski definition) is 8. The topological polar surface area (TPSA) is 248 Å². The number of aliphatic hydroxyl groups excluding tert-OH is 1. The number of carbonyl (C=O) groups is 5. The highest BCUT2D eigenvalue weighted by Gasteiger charge is 2.38. The summed E-state index contributed by atoms with van der Waals surface area (Å²) in [4.78, 5) is 64.9. The first-order valence-electron chi connectivity index (χ1n) is 18.5. The van der Waals surface area contributed by atoms with Crippen LogP contribution < -0.4 is 32.7 Å². The van der Waals surface area contributed by atoms with Gasteiger partial charge in [0.15, 0.2) is 5.96 Å². The van der Waals surface area contributed by atoms with Gasteiger partial charge in [0.1, 0.15) is 18.7 Å². The minimum atomic E-state index is -5.08. The quantitative estimate of drug-likeness (QED) is 0.0653. The van der Waals surface area contributed by atoms with Gasteiger partial charge in [-0.05, 0) is 50.5 Å². The Balaban J connectivity index is 0.00000131. The van der Waals surface area contributed by atoms with Gasteiger partial charge in [0.25, 0.3) is 0 Å². The van der Waals surface area contributed by atoms with Gasteiger partial charge < -0.3 is 47.7 Å². The standard InChI is InChI=1S/C34H55N7O6.C2HF3O2/c1-23(38-32(45)27(18-11-19-37-33(35)36)41-34(46)47-22-25-14-7-3-8-15-25)31(44)40-28(20-24-12-5-2-6-13-24)29(42)21-30(43)39-26-16-9-4-10-17-26;3-2(4,5)1(6)7/h3,7-8,14-15,23-24,26-29,42H,2,4-6,9-13,16-22H2,1H3,(H,38,45)(H,39,43)(H,40,44)(H,41,46)(H4,35,36,37);(H,6,7)/t23-,27-,28-,29-;/m0./s1. The molecule has 304 valence electrons. The summed E-state index contributed by atoms with van der Waals surface area (Å²) in [6.07, 6.45) is 4.68. The van der Waals surface area contributed by atoms with Crippen molar-refractivity contribution in [3.8, 4) is 0 Å². The Morgan fingerprint density at radius 2 is 1.50 bits per heavy atom. The lowest BCUT2D eigenvalue weighted by Crippen LogP contribution is -2.55. The average molecular weight is 772 g/mol. The maximum Gasteiger partial charge on any atom is 0.490 e. The second-order valence-corrected chi connectivity index (χ2v) is 13.8. The van der Waals surface area contributed by atoms with Crippen molar-refractivity contribution in [3.63, 3.8) is 0 Å². The summed E-state index contributed by atoms with van der Waals surface area (Å²) in [5.74, 6) is -3.80. The number of rotatable bonds is 17. The predicted molar refractivity (Wildman–Crippen MR) is 194 cm³/mol. The van der Waals surface area contributed by atoms with E-state index in [1.54, 1.807) is 0 Å². The number of alkyl carbamates (subject to hydrolysis) is 1. The van der Waals surface area contributed by atoms with Crippen LogP contribution in [0, 0.1) is 5.92 Å². The number of aliphatic hydroxyl groups is 1. The number of ether oxygens (including phenoxy) is 1. The third-order valence-electron chi connectivity index (χ3n) is 9.23. The van der Waals surface area contributed by atoms with Crippen LogP contribution in [0.3, 0.4) is 0 Å². The van der Waals surface area contributed by atoms with E-state index in [-0.39, 0.29) is 43.9 Å². The highest BCUT2D eigenvalue weighted by atomic mass is 19.4. The maximum atomic E-state index is 13.4. The van der Waals surface area contributed by atoms with E-state index in [1.807, 2.05) is 30.3 Å². The lowest BCUT2D eigenvalue weighted by molar-refractivity contribution is -0.192. The van der Waals surface area contributed by atoms with Gasteiger partial charge in [-0.25, -0.2) is 9.59 Å². The van der Waals surface area contributed by atoms with Crippen LogP contribution in [0.4, 0.5) is 18.0 Å². The molecule has 2 aliphatic rings. The van der Waals surface area contributed by atoms with Gasteiger partial charge in [0.05, 0.1) is 18.6 Å². The first-order valence-corrected chi connectivity index (χ1v) is 18.5. The number of nitrogens with one attached hydrogen (secondary N) is 4. The first kappa shape index (κ1) is 45.5. The molecule has 3 rings (SSSR count). The van der Waals surface area contributed by atoms with E-state index in [0.29, 0.717) is 18.8 Å². The maximum absolute atomic E-state index is 13.4. The Bertz CT molecular complexity index is 1350. The summed E-state index contributed by atoms with van der Waals surface area (Å²) in [6, 6.07) is 6.61. The SMILES string of the molecule is C[C@H](NC(=O)[C@H](CCCN=C(N)N)NC(=O)OCc1ccccc1)C(=O)N[C@@H](CC1CCCCC1)[C@@H](O)CC(=O)NC1CCCCC1.O=C(O)C(F)(F)F. The molecule has 4 atom stereocenters. The van der Waals surface area contributed by atoms with Crippen molar-refractivity contribution >= 4 is 35.7 Å². The third kappa shape index (κ3) is 18.9. The fourth-order valence-electron chi connectivity index (χ4n) is 6.33. The molecule has 2 fully saturated rings. The molecule has 0 spiro atoms. The largest absolute Gasteiger partial charge is 0.490 e. The smallest absolute Gasteiger partial charge is 0.475 e. The van der Waals surface area contributed by atoms with Crippen molar-refractivity contribution < 1.29 is 52.1 Å². The Morgan fingerprint density at radius 3 is 2.07 bits per heavy atom. The number of carbonyl (C=O) groups excluding carboxylic acids is 4. The van der Waals surface area contributed by atoms with Gasteiger partial charge in [0, 0.05) is 12.6 Å². The summed E-state index contributed by atoms with van der Waals surface area (Å²) >= 11 is 0. The Kier molecular flexibility index (Phi) is 20.2. The van der Waals surface area contributed by atoms with E-state index in [2.05, 4.69) is 26.3 Å². The molecule has 15 nitrogen and oxygen atoms in total.